The van der Waals surface area contributed by atoms with Crippen molar-refractivity contribution in [1.29, 1.82) is 0 Å². The van der Waals surface area contributed by atoms with Crippen LogP contribution in [0.5, 0.6) is 0 Å². The van der Waals surface area contributed by atoms with Crippen molar-refractivity contribution in [2.75, 3.05) is 0 Å². The summed E-state index contributed by atoms with van der Waals surface area (Å²) in [6.45, 7) is 5.28. The molecule has 74 valence electrons. The van der Waals surface area contributed by atoms with Crippen LogP contribution in [0, 0.1) is 0 Å². The van der Waals surface area contributed by atoms with Crippen molar-refractivity contribution in [3.63, 3.8) is 0 Å². The second-order valence-corrected chi connectivity index (χ2v) is 3.31. The van der Waals surface area contributed by atoms with Crippen LogP contribution >= 0.6 is 0 Å². The van der Waals surface area contributed by atoms with E-state index in [2.05, 4.69) is 24.3 Å². The molecule has 1 N–H and O–H groups in total. The predicted octanol–water partition coefficient (Wildman–Crippen LogP) is 2.34. The summed E-state index contributed by atoms with van der Waals surface area (Å²) in [4.78, 5) is 0. The van der Waals surface area contributed by atoms with Gasteiger partial charge < -0.3 is 9.84 Å². The normalized spacial score (nSPS) is 13.1. The van der Waals surface area contributed by atoms with Gasteiger partial charge in [0.05, 0.1) is 6.20 Å². The lowest BCUT2D eigenvalue weighted by Crippen LogP contribution is -2.27. The molecule has 1 atom stereocenters. The molecule has 0 amide bonds. The molecule has 0 aliphatic rings. The molecule has 1 aromatic rings. The molecule has 3 nitrogen and oxygen atoms in total. The van der Waals surface area contributed by atoms with Gasteiger partial charge in [-0.15, -0.1) is 0 Å². The van der Waals surface area contributed by atoms with E-state index in [4.69, 9.17) is 4.52 Å². The Balaban J connectivity index is 2.23. The molecule has 1 heterocycles. The van der Waals surface area contributed by atoms with Gasteiger partial charge in [0.25, 0.3) is 0 Å². The number of nitrogens with one attached hydrogen (secondary N) is 1. The lowest BCUT2D eigenvalue weighted by Gasteiger charge is -2.14. The molecular weight excluding hydrogens is 164 g/mol. The summed E-state index contributed by atoms with van der Waals surface area (Å²) in [6.07, 6.45) is 7.09. The van der Waals surface area contributed by atoms with Gasteiger partial charge in [0.2, 0.25) is 0 Å². The maximum atomic E-state index is 4.75. The lowest BCUT2D eigenvalue weighted by molar-refractivity contribution is 0.417. The maximum absolute atomic E-state index is 4.75. The van der Waals surface area contributed by atoms with Gasteiger partial charge in [0, 0.05) is 18.2 Å². The van der Waals surface area contributed by atoms with E-state index in [0.29, 0.717) is 6.04 Å². The molecule has 0 spiro atoms. The largest absolute Gasteiger partial charge is 0.364 e. The van der Waals surface area contributed by atoms with Crippen LogP contribution in [0.15, 0.2) is 17.0 Å². The fourth-order valence-corrected chi connectivity index (χ4v) is 1.38. The Morgan fingerprint density at radius 3 is 2.92 bits per heavy atom. The van der Waals surface area contributed by atoms with Gasteiger partial charge in [-0.05, 0) is 12.8 Å². The first-order valence-corrected chi connectivity index (χ1v) is 4.98. The zero-order chi connectivity index (χ0) is 9.52. The molecule has 1 rings (SSSR count). The highest BCUT2D eigenvalue weighted by atomic mass is 16.5. The van der Waals surface area contributed by atoms with Gasteiger partial charge in [-0.1, -0.05) is 25.4 Å². The van der Waals surface area contributed by atoms with E-state index in [-0.39, 0.29) is 0 Å². The van der Waals surface area contributed by atoms with Crippen molar-refractivity contribution in [2.45, 2.75) is 45.7 Å². The van der Waals surface area contributed by atoms with Crippen LogP contribution in [0.25, 0.3) is 0 Å². The quantitative estimate of drug-likeness (QED) is 0.733. The Morgan fingerprint density at radius 2 is 2.38 bits per heavy atom. The van der Waals surface area contributed by atoms with E-state index in [9.17, 15) is 0 Å². The van der Waals surface area contributed by atoms with E-state index in [1.54, 1.807) is 12.5 Å². The third-order valence-electron chi connectivity index (χ3n) is 2.21. The van der Waals surface area contributed by atoms with Crippen LogP contribution in [0.1, 0.15) is 38.7 Å². The first-order valence-electron chi connectivity index (χ1n) is 4.98. The number of nitrogens with zero attached hydrogens (tertiary/aromatic N) is 1. The topological polar surface area (TPSA) is 38.1 Å². The van der Waals surface area contributed by atoms with Gasteiger partial charge in [0.15, 0.2) is 0 Å². The minimum absolute atomic E-state index is 0.625. The Morgan fingerprint density at radius 1 is 1.54 bits per heavy atom. The average Bonchev–Trinajstić information content (AvgIpc) is 2.64. The minimum Gasteiger partial charge on any atom is -0.364 e. The summed E-state index contributed by atoms with van der Waals surface area (Å²) < 4.78 is 4.75. The average molecular weight is 182 g/mol. The molecule has 1 unspecified atom stereocenters. The van der Waals surface area contributed by atoms with Crippen molar-refractivity contribution >= 4 is 0 Å². The standard InChI is InChI=1S/C10H18N2O/c1-3-5-10(4-2)11-6-9-7-12-13-8-9/h7-8,10-11H,3-6H2,1-2H3. The van der Waals surface area contributed by atoms with Gasteiger partial charge in [0.1, 0.15) is 6.26 Å². The highest BCUT2D eigenvalue weighted by Gasteiger charge is 2.04. The Labute approximate surface area is 79.5 Å². The fourth-order valence-electron chi connectivity index (χ4n) is 1.38. The van der Waals surface area contributed by atoms with E-state index in [0.717, 1.165) is 12.1 Å². The first-order chi connectivity index (χ1) is 6.36. The Kier molecular flexibility index (Phi) is 4.54. The maximum Gasteiger partial charge on any atom is 0.128 e. The SMILES string of the molecule is CCCC(CC)NCc1cnoc1. The summed E-state index contributed by atoms with van der Waals surface area (Å²) in [7, 11) is 0. The van der Waals surface area contributed by atoms with E-state index in [1.165, 1.54) is 19.3 Å². The third kappa shape index (κ3) is 3.59. The Bertz CT molecular complexity index is 209. The van der Waals surface area contributed by atoms with Crippen molar-refractivity contribution < 1.29 is 4.52 Å². The van der Waals surface area contributed by atoms with Crippen LogP contribution in [0.4, 0.5) is 0 Å². The molecule has 0 bridgehead atoms. The van der Waals surface area contributed by atoms with Crippen molar-refractivity contribution in [3.05, 3.63) is 18.0 Å². The van der Waals surface area contributed by atoms with Crippen LogP contribution in [-0.2, 0) is 6.54 Å². The molecule has 1 aromatic heterocycles. The van der Waals surface area contributed by atoms with Gasteiger partial charge in [-0.2, -0.15) is 0 Å². The number of rotatable bonds is 6. The van der Waals surface area contributed by atoms with Gasteiger partial charge in [-0.25, -0.2) is 0 Å². The molecule has 13 heavy (non-hydrogen) atoms. The van der Waals surface area contributed by atoms with E-state index < -0.39 is 0 Å². The molecule has 0 aliphatic heterocycles. The summed E-state index contributed by atoms with van der Waals surface area (Å²) >= 11 is 0. The van der Waals surface area contributed by atoms with Gasteiger partial charge >= 0.3 is 0 Å². The van der Waals surface area contributed by atoms with Crippen LogP contribution in [0.2, 0.25) is 0 Å². The van der Waals surface area contributed by atoms with Crippen molar-refractivity contribution in [2.24, 2.45) is 0 Å². The second-order valence-electron chi connectivity index (χ2n) is 3.31. The highest BCUT2D eigenvalue weighted by molar-refractivity contribution is 4.99. The molecule has 0 saturated heterocycles. The number of hydrogen-bond donors (Lipinski definition) is 1. The van der Waals surface area contributed by atoms with Gasteiger partial charge in [-0.3, -0.25) is 0 Å². The summed E-state index contributed by atoms with van der Waals surface area (Å²) in [5.74, 6) is 0. The number of hydrogen-bond acceptors (Lipinski definition) is 3. The molecule has 0 saturated carbocycles. The number of aromatic nitrogens is 1. The van der Waals surface area contributed by atoms with Crippen LogP contribution in [-0.4, -0.2) is 11.2 Å². The van der Waals surface area contributed by atoms with E-state index in [1.807, 2.05) is 0 Å². The monoisotopic (exact) mass is 182 g/mol. The lowest BCUT2D eigenvalue weighted by atomic mass is 10.1. The minimum atomic E-state index is 0.625. The molecule has 0 radical (unpaired) electrons. The highest BCUT2D eigenvalue weighted by Crippen LogP contribution is 2.03. The van der Waals surface area contributed by atoms with E-state index >= 15 is 0 Å². The summed E-state index contributed by atoms with van der Waals surface area (Å²) in [6, 6.07) is 0.625. The van der Waals surface area contributed by atoms with Crippen LogP contribution in [0.3, 0.4) is 0 Å². The predicted molar refractivity (Wildman–Crippen MR) is 52.3 cm³/mol. The third-order valence-corrected chi connectivity index (χ3v) is 2.21. The molecule has 3 heteroatoms. The fraction of sp³-hybridized carbons (Fsp3) is 0.700. The zero-order valence-electron chi connectivity index (χ0n) is 8.42. The second kappa shape index (κ2) is 5.75. The van der Waals surface area contributed by atoms with Crippen molar-refractivity contribution in [3.8, 4) is 0 Å². The molecular formula is C10H18N2O. The Hall–Kier alpha value is -0.830. The summed E-state index contributed by atoms with van der Waals surface area (Å²) in [5.41, 5.74) is 1.12. The summed E-state index contributed by atoms with van der Waals surface area (Å²) in [5, 5.41) is 7.13. The van der Waals surface area contributed by atoms with Crippen molar-refractivity contribution in [1.82, 2.24) is 10.5 Å². The van der Waals surface area contributed by atoms with Crippen LogP contribution < -0.4 is 5.32 Å². The molecule has 0 aromatic carbocycles. The molecule has 0 fully saturated rings. The zero-order valence-corrected chi connectivity index (χ0v) is 8.42. The smallest absolute Gasteiger partial charge is 0.128 e. The molecule has 0 aliphatic carbocycles. The first kappa shape index (κ1) is 10.3.